The number of thioether (sulfide) groups is 1. The van der Waals surface area contributed by atoms with E-state index in [2.05, 4.69) is 16.0 Å². The molecule has 12 nitrogen and oxygen atoms in total. The van der Waals surface area contributed by atoms with E-state index in [0.717, 1.165) is 16.3 Å². The molecule has 262 valence electrons. The van der Waals surface area contributed by atoms with Crippen LogP contribution < -0.4 is 26.4 Å². The lowest BCUT2D eigenvalue weighted by Gasteiger charge is -2.35. The number of nitrogens with zero attached hydrogens (tertiary/aromatic N) is 1. The molecule has 0 aromatic heterocycles. The molecular formula is C36H45N5O7S. The summed E-state index contributed by atoms with van der Waals surface area (Å²) in [6.45, 7) is 8.81. The Bertz CT molecular complexity index is 1670. The van der Waals surface area contributed by atoms with Crippen LogP contribution in [0.15, 0.2) is 72.8 Å². The molecule has 0 aliphatic carbocycles. The van der Waals surface area contributed by atoms with Crippen molar-refractivity contribution in [2.24, 2.45) is 5.73 Å². The number of ether oxygens (including phenoxy) is 1. The zero-order chi connectivity index (χ0) is 35.9. The molecule has 49 heavy (non-hydrogen) atoms. The summed E-state index contributed by atoms with van der Waals surface area (Å²) in [5.41, 5.74) is 5.72. The summed E-state index contributed by atoms with van der Waals surface area (Å²) < 4.78 is 5.06. The maximum Gasteiger partial charge on any atom is 0.258 e. The molecule has 0 radical (unpaired) electrons. The molecule has 0 unspecified atom stereocenters. The number of carbonyl (C=O) groups excluding carboxylic acids is 5. The molecule has 1 heterocycles. The molecule has 0 saturated carbocycles. The Hall–Kier alpha value is -4.62. The van der Waals surface area contributed by atoms with Crippen LogP contribution in [0.2, 0.25) is 0 Å². The minimum absolute atomic E-state index is 0.0647. The van der Waals surface area contributed by atoms with Gasteiger partial charge in [-0.05, 0) is 58.1 Å². The molecule has 4 rings (SSSR count). The number of benzene rings is 3. The Morgan fingerprint density at radius 3 is 2.29 bits per heavy atom. The summed E-state index contributed by atoms with van der Waals surface area (Å²) >= 11 is 1.41. The number of primary amides is 1. The van der Waals surface area contributed by atoms with Gasteiger partial charge in [0.1, 0.15) is 17.8 Å². The molecule has 1 fully saturated rings. The lowest BCUT2D eigenvalue weighted by molar-refractivity contribution is -0.148. The van der Waals surface area contributed by atoms with E-state index in [4.69, 9.17) is 10.5 Å². The van der Waals surface area contributed by atoms with Crippen molar-refractivity contribution in [2.75, 3.05) is 12.5 Å². The van der Waals surface area contributed by atoms with Gasteiger partial charge in [0.25, 0.3) is 11.8 Å². The molecule has 1 aliphatic rings. The highest BCUT2D eigenvalue weighted by molar-refractivity contribution is 8.00. The molecule has 6 N–H and O–H groups in total. The minimum atomic E-state index is -1.74. The molecule has 0 spiro atoms. The smallest absolute Gasteiger partial charge is 0.258 e. The molecule has 1 aliphatic heterocycles. The van der Waals surface area contributed by atoms with Gasteiger partial charge in [0.15, 0.2) is 12.7 Å². The summed E-state index contributed by atoms with van der Waals surface area (Å²) in [6, 6.07) is 18.5. The van der Waals surface area contributed by atoms with Gasteiger partial charge in [-0.15, -0.1) is 11.8 Å². The topological polar surface area (TPSA) is 180 Å². The van der Waals surface area contributed by atoms with E-state index in [-0.39, 0.29) is 18.2 Å². The third-order valence-corrected chi connectivity index (χ3v) is 9.41. The van der Waals surface area contributed by atoms with Crippen molar-refractivity contribution in [1.29, 1.82) is 0 Å². The lowest BCUT2D eigenvalue weighted by atomic mass is 9.96. The summed E-state index contributed by atoms with van der Waals surface area (Å²) in [4.78, 5) is 67.0. The Morgan fingerprint density at radius 2 is 1.61 bits per heavy atom. The Labute approximate surface area is 290 Å². The van der Waals surface area contributed by atoms with E-state index in [9.17, 15) is 29.1 Å². The van der Waals surface area contributed by atoms with E-state index < -0.39 is 71.2 Å². The fourth-order valence-corrected chi connectivity index (χ4v) is 6.82. The number of hydrogen-bond acceptors (Lipinski definition) is 8. The fourth-order valence-electron chi connectivity index (χ4n) is 5.68. The van der Waals surface area contributed by atoms with Crippen LogP contribution in [-0.2, 0) is 30.4 Å². The van der Waals surface area contributed by atoms with Crippen molar-refractivity contribution in [3.8, 4) is 5.75 Å². The number of amides is 5. The Balaban J connectivity index is 1.46. The second kappa shape index (κ2) is 15.7. The first-order chi connectivity index (χ1) is 23.1. The van der Waals surface area contributed by atoms with E-state index >= 15 is 0 Å². The van der Waals surface area contributed by atoms with E-state index in [1.807, 2.05) is 71.0 Å². The number of aliphatic hydroxyl groups is 1. The summed E-state index contributed by atoms with van der Waals surface area (Å²) in [7, 11) is 0. The van der Waals surface area contributed by atoms with Crippen molar-refractivity contribution in [1.82, 2.24) is 20.9 Å². The highest BCUT2D eigenvalue weighted by atomic mass is 32.2. The third-order valence-electron chi connectivity index (χ3n) is 8.03. The van der Waals surface area contributed by atoms with Crippen LogP contribution >= 0.6 is 11.8 Å². The Kier molecular flexibility index (Phi) is 11.9. The fraction of sp³-hybridized carbons (Fsp3) is 0.417. The Morgan fingerprint density at radius 1 is 0.959 bits per heavy atom. The largest absolute Gasteiger partial charge is 0.483 e. The van der Waals surface area contributed by atoms with E-state index in [1.165, 1.54) is 16.7 Å². The molecule has 13 heteroatoms. The van der Waals surface area contributed by atoms with Crippen LogP contribution in [0.1, 0.15) is 46.6 Å². The van der Waals surface area contributed by atoms with Crippen molar-refractivity contribution in [3.05, 3.63) is 78.4 Å². The molecule has 4 atom stereocenters. The minimum Gasteiger partial charge on any atom is -0.483 e. The highest BCUT2D eigenvalue weighted by Gasteiger charge is 2.50. The average molecular weight is 692 g/mol. The van der Waals surface area contributed by atoms with Crippen molar-refractivity contribution in [2.45, 2.75) is 82.0 Å². The molecular weight excluding hydrogens is 646 g/mol. The van der Waals surface area contributed by atoms with Gasteiger partial charge >= 0.3 is 0 Å². The van der Waals surface area contributed by atoms with Crippen molar-refractivity contribution in [3.63, 3.8) is 0 Å². The molecule has 3 aromatic carbocycles. The van der Waals surface area contributed by atoms with Crippen molar-refractivity contribution < 1.29 is 33.8 Å². The third kappa shape index (κ3) is 9.96. The maximum atomic E-state index is 13.9. The van der Waals surface area contributed by atoms with E-state index in [0.29, 0.717) is 5.75 Å². The van der Waals surface area contributed by atoms with Gasteiger partial charge in [-0.1, -0.05) is 66.7 Å². The quantitative estimate of drug-likeness (QED) is 0.181. The predicted molar refractivity (Wildman–Crippen MR) is 188 cm³/mol. The number of carbonyl (C=O) groups is 5. The average Bonchev–Trinajstić information content (AvgIpc) is 3.36. The first-order valence-corrected chi connectivity index (χ1v) is 17.0. The number of hydrogen-bond donors (Lipinski definition) is 5. The first-order valence-electron chi connectivity index (χ1n) is 16.0. The number of nitrogens with two attached hydrogens (primary N) is 1. The summed E-state index contributed by atoms with van der Waals surface area (Å²) in [6.07, 6.45) is -2.22. The van der Waals surface area contributed by atoms with Crippen LogP contribution in [0.4, 0.5) is 0 Å². The molecule has 1 saturated heterocycles. The van der Waals surface area contributed by atoms with Gasteiger partial charge < -0.3 is 36.4 Å². The lowest BCUT2D eigenvalue weighted by Crippen LogP contribution is -2.60. The van der Waals surface area contributed by atoms with Gasteiger partial charge in [0.05, 0.1) is 18.3 Å². The maximum absolute atomic E-state index is 13.9. The second-order valence-corrected chi connectivity index (χ2v) is 15.2. The second-order valence-electron chi connectivity index (χ2n) is 13.6. The van der Waals surface area contributed by atoms with Gasteiger partial charge in [0.2, 0.25) is 17.7 Å². The SMILES string of the molecule is CC(C)(C)NC(=O)[C@H]1N(C(=O)[C@@H](O)[C@H](Cc2ccccc2)NC(=O)C[C@H](NC(=O)COc2cccc3ccccc23)C(N)=O)CSC1(C)C. The normalized spacial score (nSPS) is 17.4. The zero-order valence-corrected chi connectivity index (χ0v) is 29.2. The summed E-state index contributed by atoms with van der Waals surface area (Å²) in [5, 5.41) is 21.2. The zero-order valence-electron chi connectivity index (χ0n) is 28.4. The molecule has 0 bridgehead atoms. The van der Waals surface area contributed by atoms with Crippen LogP contribution in [0.3, 0.4) is 0 Å². The van der Waals surface area contributed by atoms with Crippen LogP contribution in [0.25, 0.3) is 10.8 Å². The van der Waals surface area contributed by atoms with Crippen molar-refractivity contribution >= 4 is 52.1 Å². The van der Waals surface area contributed by atoms with E-state index in [1.54, 1.807) is 36.4 Å². The van der Waals surface area contributed by atoms with Gasteiger partial charge in [-0.2, -0.15) is 0 Å². The monoisotopic (exact) mass is 691 g/mol. The summed E-state index contributed by atoms with van der Waals surface area (Å²) in [5.74, 6) is -2.79. The number of aliphatic hydroxyl groups excluding tert-OH is 1. The first kappa shape index (κ1) is 37.2. The van der Waals surface area contributed by atoms with Gasteiger partial charge in [-0.3, -0.25) is 24.0 Å². The molecule has 5 amide bonds. The van der Waals surface area contributed by atoms with Crippen LogP contribution in [-0.4, -0.2) is 86.5 Å². The number of fused-ring (bicyclic) bond motifs is 1. The molecule has 3 aromatic rings. The predicted octanol–water partition coefficient (Wildman–Crippen LogP) is 2.26. The van der Waals surface area contributed by atoms with Crippen LogP contribution in [0, 0.1) is 0 Å². The van der Waals surface area contributed by atoms with Gasteiger partial charge in [-0.25, -0.2) is 0 Å². The number of rotatable bonds is 13. The van der Waals surface area contributed by atoms with Gasteiger partial charge in [0, 0.05) is 15.7 Å². The highest BCUT2D eigenvalue weighted by Crippen LogP contribution is 2.40. The number of nitrogens with one attached hydrogen (secondary N) is 3. The standard InChI is InChI=1S/C36H45N5O7S/c1-35(2,3)40-33(46)31-36(4,5)49-21-41(31)34(47)30(44)25(18-22-12-7-6-8-13-22)38-28(42)19-26(32(37)45)39-29(43)20-48-27-17-11-15-23-14-9-10-16-24(23)27/h6-17,25-26,30-31,44H,18-21H2,1-5H3,(H2,37,45)(H,38,42)(H,39,43)(H,40,46)/t25-,26-,30-,31+/m0/s1. The van der Waals surface area contributed by atoms with Crippen LogP contribution in [0.5, 0.6) is 5.75 Å².